The smallest absolute Gasteiger partial charge is 0.337 e. The lowest BCUT2D eigenvalue weighted by molar-refractivity contribution is -0.145. The van der Waals surface area contributed by atoms with Gasteiger partial charge in [0.2, 0.25) is 0 Å². The summed E-state index contributed by atoms with van der Waals surface area (Å²) in [6.45, 7) is 3.35. The number of carbonyl (C=O) groups is 1. The Bertz CT molecular complexity index is 1090. The van der Waals surface area contributed by atoms with Crippen LogP contribution in [0.25, 0.3) is 0 Å². The lowest BCUT2D eigenvalue weighted by Crippen LogP contribution is -2.38. The third-order valence-corrected chi connectivity index (χ3v) is 6.68. The van der Waals surface area contributed by atoms with Gasteiger partial charge in [-0.25, -0.2) is 8.42 Å². The molecule has 174 valence electrons. The first kappa shape index (κ1) is 24.1. The molecule has 0 radical (unpaired) electrons. The van der Waals surface area contributed by atoms with Crippen LogP contribution in [0.1, 0.15) is 27.9 Å². The zero-order chi connectivity index (χ0) is 23.5. The van der Waals surface area contributed by atoms with Crippen LogP contribution in [0.15, 0.2) is 47.4 Å². The Balaban J connectivity index is 1.78. The van der Waals surface area contributed by atoms with Crippen LogP contribution < -0.4 is 4.72 Å². The minimum absolute atomic E-state index is 0.0542. The number of nitrogens with one attached hydrogen (secondary N) is 1. The van der Waals surface area contributed by atoms with Crippen LogP contribution in [-0.4, -0.2) is 63.0 Å². The van der Waals surface area contributed by atoms with Gasteiger partial charge in [-0.1, -0.05) is 18.2 Å². The Hall–Kier alpha value is -2.59. The third kappa shape index (κ3) is 6.23. The van der Waals surface area contributed by atoms with Gasteiger partial charge in [0.15, 0.2) is 0 Å². The highest BCUT2D eigenvalue weighted by Crippen LogP contribution is 2.22. The molecular weight excluding hydrogens is 443 g/mol. The van der Waals surface area contributed by atoms with Crippen LogP contribution in [0.2, 0.25) is 0 Å². The summed E-state index contributed by atoms with van der Waals surface area (Å²) in [7, 11) is -3.92. The summed E-state index contributed by atoms with van der Waals surface area (Å²) >= 11 is 0. The molecule has 6 nitrogen and oxygen atoms in total. The second kappa shape index (κ2) is 9.50. The van der Waals surface area contributed by atoms with E-state index >= 15 is 0 Å². The van der Waals surface area contributed by atoms with E-state index in [9.17, 15) is 26.4 Å². The maximum absolute atomic E-state index is 13.1. The number of rotatable bonds is 5. The van der Waals surface area contributed by atoms with E-state index in [0.29, 0.717) is 24.2 Å². The van der Waals surface area contributed by atoms with Crippen molar-refractivity contribution in [3.8, 4) is 0 Å². The highest BCUT2D eigenvalue weighted by Gasteiger charge is 2.32. The monoisotopic (exact) mass is 469 g/mol. The van der Waals surface area contributed by atoms with Gasteiger partial charge in [0.05, 0.1) is 11.4 Å². The summed E-state index contributed by atoms with van der Waals surface area (Å²) in [5.41, 5.74) is 2.13. The summed E-state index contributed by atoms with van der Waals surface area (Å²) in [6, 6.07) is 11.2. The van der Waals surface area contributed by atoms with Crippen molar-refractivity contribution in [1.82, 2.24) is 9.80 Å². The van der Waals surface area contributed by atoms with Gasteiger partial charge in [-0.2, -0.15) is 13.2 Å². The van der Waals surface area contributed by atoms with Crippen LogP contribution in [0.3, 0.4) is 0 Å². The standard InChI is InChI=1S/C22H26F3N3O3S/c1-16-5-3-6-18(13-16)26-32(30,31)19-8-7-17(2)20(14-19)21(29)28-10-4-9-27(11-12-28)15-22(23,24)25/h3,5-8,13-14,26H,4,9-12,15H2,1-2H3. The first-order chi connectivity index (χ1) is 14.9. The molecule has 1 heterocycles. The fourth-order valence-electron chi connectivity index (χ4n) is 3.68. The molecule has 1 N–H and O–H groups in total. The molecule has 2 aromatic rings. The molecule has 3 rings (SSSR count). The molecule has 0 spiro atoms. The number of carbonyl (C=O) groups excluding carboxylic acids is 1. The molecule has 10 heteroatoms. The van der Waals surface area contributed by atoms with E-state index in [1.54, 1.807) is 31.2 Å². The molecular formula is C22H26F3N3O3S. The van der Waals surface area contributed by atoms with Gasteiger partial charge in [-0.3, -0.25) is 14.4 Å². The number of benzene rings is 2. The van der Waals surface area contributed by atoms with Crippen molar-refractivity contribution in [1.29, 1.82) is 0 Å². The quantitative estimate of drug-likeness (QED) is 0.723. The Morgan fingerprint density at radius 3 is 2.47 bits per heavy atom. The predicted molar refractivity (Wildman–Crippen MR) is 116 cm³/mol. The van der Waals surface area contributed by atoms with Crippen molar-refractivity contribution in [3.63, 3.8) is 0 Å². The SMILES string of the molecule is Cc1cccc(NS(=O)(=O)c2ccc(C)c(C(=O)N3CCCN(CC(F)(F)F)CC3)c2)c1. The zero-order valence-electron chi connectivity index (χ0n) is 17.9. The molecule has 1 aliphatic rings. The van der Waals surface area contributed by atoms with Crippen LogP contribution in [0.4, 0.5) is 18.9 Å². The van der Waals surface area contributed by atoms with Crippen LogP contribution in [-0.2, 0) is 10.0 Å². The molecule has 0 aliphatic carbocycles. The van der Waals surface area contributed by atoms with Crippen molar-refractivity contribution in [3.05, 3.63) is 59.2 Å². The Morgan fingerprint density at radius 1 is 1.03 bits per heavy atom. The summed E-state index contributed by atoms with van der Waals surface area (Å²) in [5.74, 6) is -0.385. The van der Waals surface area contributed by atoms with E-state index < -0.39 is 22.7 Å². The van der Waals surface area contributed by atoms with Crippen LogP contribution in [0, 0.1) is 13.8 Å². The van der Waals surface area contributed by atoms with Gasteiger partial charge in [-0.05, 0) is 55.7 Å². The Kier molecular flexibility index (Phi) is 7.14. The summed E-state index contributed by atoms with van der Waals surface area (Å²) in [5, 5.41) is 0. The highest BCUT2D eigenvalue weighted by atomic mass is 32.2. The molecule has 1 aliphatic heterocycles. The second-order valence-corrected chi connectivity index (χ2v) is 9.67. The topological polar surface area (TPSA) is 69.7 Å². The number of sulfonamides is 1. The van der Waals surface area contributed by atoms with Gasteiger partial charge in [0.25, 0.3) is 15.9 Å². The lowest BCUT2D eigenvalue weighted by atomic mass is 10.1. The van der Waals surface area contributed by atoms with Crippen LogP contribution >= 0.6 is 0 Å². The van der Waals surface area contributed by atoms with E-state index in [4.69, 9.17) is 0 Å². The highest BCUT2D eigenvalue weighted by molar-refractivity contribution is 7.92. The first-order valence-electron chi connectivity index (χ1n) is 10.2. The van der Waals surface area contributed by atoms with E-state index in [2.05, 4.69) is 4.72 Å². The number of alkyl halides is 3. The van der Waals surface area contributed by atoms with E-state index in [0.717, 1.165) is 5.56 Å². The van der Waals surface area contributed by atoms with Gasteiger partial charge in [0.1, 0.15) is 0 Å². The van der Waals surface area contributed by atoms with Gasteiger partial charge in [0, 0.05) is 37.4 Å². The van der Waals surface area contributed by atoms with Gasteiger partial charge < -0.3 is 4.90 Å². The molecule has 0 unspecified atom stereocenters. The number of hydrogen-bond acceptors (Lipinski definition) is 4. The maximum atomic E-state index is 13.1. The summed E-state index contributed by atoms with van der Waals surface area (Å²) in [4.78, 5) is 15.8. The number of hydrogen-bond donors (Lipinski definition) is 1. The van der Waals surface area contributed by atoms with Crippen molar-refractivity contribution < 1.29 is 26.4 Å². The molecule has 0 bridgehead atoms. The molecule has 1 saturated heterocycles. The molecule has 0 aromatic heterocycles. The van der Waals surface area contributed by atoms with Crippen LogP contribution in [0.5, 0.6) is 0 Å². The average Bonchev–Trinajstić information content (AvgIpc) is 2.91. The fourth-order valence-corrected chi connectivity index (χ4v) is 4.75. The molecule has 0 atom stereocenters. The number of amides is 1. The third-order valence-electron chi connectivity index (χ3n) is 5.30. The maximum Gasteiger partial charge on any atom is 0.401 e. The van der Waals surface area contributed by atoms with Gasteiger partial charge in [-0.15, -0.1) is 0 Å². The second-order valence-electron chi connectivity index (χ2n) is 7.99. The Morgan fingerprint density at radius 2 is 1.78 bits per heavy atom. The number of nitrogens with zero attached hydrogens (tertiary/aromatic N) is 2. The van der Waals surface area contributed by atoms with E-state index in [-0.39, 0.29) is 36.0 Å². The normalized spacial score (nSPS) is 16.0. The molecule has 1 amide bonds. The minimum atomic E-state index is -4.29. The zero-order valence-corrected chi connectivity index (χ0v) is 18.8. The molecule has 0 saturated carbocycles. The fraction of sp³-hybridized carbons (Fsp3) is 0.409. The van der Waals surface area contributed by atoms with Crippen molar-refractivity contribution in [2.75, 3.05) is 37.4 Å². The first-order valence-corrected chi connectivity index (χ1v) is 11.7. The number of halogens is 3. The van der Waals surface area contributed by atoms with E-state index in [1.165, 1.54) is 21.9 Å². The van der Waals surface area contributed by atoms with Crippen molar-refractivity contribution >= 4 is 21.6 Å². The predicted octanol–water partition coefficient (Wildman–Crippen LogP) is 3.81. The van der Waals surface area contributed by atoms with Crippen molar-refractivity contribution in [2.24, 2.45) is 0 Å². The summed E-state index contributed by atoms with van der Waals surface area (Å²) < 4.78 is 66.3. The summed E-state index contributed by atoms with van der Waals surface area (Å²) in [6.07, 6.45) is -3.88. The largest absolute Gasteiger partial charge is 0.401 e. The molecule has 1 fully saturated rings. The average molecular weight is 470 g/mol. The van der Waals surface area contributed by atoms with Gasteiger partial charge >= 0.3 is 6.18 Å². The van der Waals surface area contributed by atoms with E-state index in [1.807, 2.05) is 13.0 Å². The minimum Gasteiger partial charge on any atom is -0.337 e. The molecule has 32 heavy (non-hydrogen) atoms. The lowest BCUT2D eigenvalue weighted by Gasteiger charge is -2.23. The Labute approximate surface area is 186 Å². The van der Waals surface area contributed by atoms with Crippen molar-refractivity contribution in [2.45, 2.75) is 31.3 Å². The number of anilines is 1. The molecule has 2 aromatic carbocycles. The number of aryl methyl sites for hydroxylation is 2.